The van der Waals surface area contributed by atoms with Gasteiger partial charge in [0.25, 0.3) is 5.91 Å². The number of anilines is 3. The summed E-state index contributed by atoms with van der Waals surface area (Å²) < 4.78 is 3.14. The van der Waals surface area contributed by atoms with Crippen LogP contribution < -0.4 is 10.2 Å². The molecule has 0 atom stereocenters. The van der Waals surface area contributed by atoms with Crippen molar-refractivity contribution in [1.29, 1.82) is 0 Å². The van der Waals surface area contributed by atoms with Crippen molar-refractivity contribution < 1.29 is 4.79 Å². The first-order valence-corrected chi connectivity index (χ1v) is 10.5. The number of aromatic nitrogens is 2. The number of carbonyl (C=O) groups is 1. The maximum atomic E-state index is 13.4. The van der Waals surface area contributed by atoms with Crippen LogP contribution in [0.3, 0.4) is 0 Å². The Kier molecular flexibility index (Phi) is 4.85. The highest BCUT2D eigenvalue weighted by atomic mass is 79.9. The zero-order chi connectivity index (χ0) is 20.5. The predicted octanol–water partition coefficient (Wildman–Crippen LogP) is 5.60. The molecule has 6 heteroatoms. The molecule has 148 valence electrons. The van der Waals surface area contributed by atoms with E-state index in [1.54, 1.807) is 6.20 Å². The Morgan fingerprint density at radius 3 is 2.60 bits per heavy atom. The van der Waals surface area contributed by atoms with Gasteiger partial charge in [-0.25, -0.2) is 4.98 Å². The Labute approximate surface area is 183 Å². The lowest BCUT2D eigenvalue weighted by Gasteiger charge is -2.22. The minimum Gasteiger partial charge on any atom is -0.345 e. The minimum absolute atomic E-state index is 0.0583. The fourth-order valence-corrected chi connectivity index (χ4v) is 4.10. The van der Waals surface area contributed by atoms with E-state index in [0.29, 0.717) is 17.9 Å². The second-order valence-corrected chi connectivity index (χ2v) is 8.04. The average Bonchev–Trinajstić information content (AvgIpc) is 3.14. The molecular formula is C24H19BrN4O. The van der Waals surface area contributed by atoms with Gasteiger partial charge in [0.15, 0.2) is 0 Å². The van der Waals surface area contributed by atoms with Gasteiger partial charge in [-0.15, -0.1) is 0 Å². The molecule has 3 heterocycles. The van der Waals surface area contributed by atoms with Crippen LogP contribution in [-0.2, 0) is 13.1 Å². The third kappa shape index (κ3) is 3.50. The van der Waals surface area contributed by atoms with Crippen LogP contribution in [0.15, 0.2) is 89.7 Å². The fourth-order valence-electron chi connectivity index (χ4n) is 3.72. The van der Waals surface area contributed by atoms with Gasteiger partial charge in [-0.3, -0.25) is 4.79 Å². The molecule has 0 fully saturated rings. The number of hydrogen-bond donors (Lipinski definition) is 1. The van der Waals surface area contributed by atoms with E-state index in [4.69, 9.17) is 0 Å². The number of halogens is 1. The molecule has 0 saturated carbocycles. The third-order valence-corrected chi connectivity index (χ3v) is 5.95. The van der Waals surface area contributed by atoms with Gasteiger partial charge in [0.05, 0.1) is 17.8 Å². The first-order valence-electron chi connectivity index (χ1n) is 9.70. The summed E-state index contributed by atoms with van der Waals surface area (Å²) in [6.07, 6.45) is 3.69. The van der Waals surface area contributed by atoms with E-state index < -0.39 is 0 Å². The number of amides is 1. The van der Waals surface area contributed by atoms with Crippen LogP contribution in [0.2, 0.25) is 0 Å². The van der Waals surface area contributed by atoms with Gasteiger partial charge < -0.3 is 14.8 Å². The molecular weight excluding hydrogens is 440 g/mol. The number of pyridine rings is 1. The zero-order valence-electron chi connectivity index (χ0n) is 16.1. The summed E-state index contributed by atoms with van der Waals surface area (Å²) in [6, 6.07) is 23.7. The molecule has 0 saturated heterocycles. The summed E-state index contributed by atoms with van der Waals surface area (Å²) in [5.74, 6) is 0.626. The van der Waals surface area contributed by atoms with Crippen LogP contribution in [0.4, 0.5) is 17.2 Å². The molecule has 0 bridgehead atoms. The largest absolute Gasteiger partial charge is 0.345 e. The number of nitrogens with one attached hydrogen (secondary N) is 1. The maximum Gasteiger partial charge on any atom is 0.260 e. The van der Waals surface area contributed by atoms with Gasteiger partial charge >= 0.3 is 0 Å². The molecule has 30 heavy (non-hydrogen) atoms. The smallest absolute Gasteiger partial charge is 0.260 e. The summed E-state index contributed by atoms with van der Waals surface area (Å²) >= 11 is 3.52. The Morgan fingerprint density at radius 2 is 1.77 bits per heavy atom. The molecule has 4 aromatic rings. The minimum atomic E-state index is -0.0583. The number of rotatable bonds is 3. The van der Waals surface area contributed by atoms with Crippen molar-refractivity contribution in [1.82, 2.24) is 9.55 Å². The number of para-hydroxylation sites is 2. The molecule has 1 aliphatic heterocycles. The quantitative estimate of drug-likeness (QED) is 0.434. The first kappa shape index (κ1) is 18.6. The molecule has 0 unspecified atom stereocenters. The average molecular weight is 459 g/mol. The highest BCUT2D eigenvalue weighted by Crippen LogP contribution is 2.29. The van der Waals surface area contributed by atoms with E-state index in [1.807, 2.05) is 65.6 Å². The van der Waals surface area contributed by atoms with Crippen LogP contribution in [0.1, 0.15) is 21.6 Å². The Bertz CT molecular complexity index is 1220. The van der Waals surface area contributed by atoms with Crippen LogP contribution in [-0.4, -0.2) is 15.5 Å². The normalized spacial score (nSPS) is 12.6. The van der Waals surface area contributed by atoms with Gasteiger partial charge in [-0.05, 0) is 64.0 Å². The Morgan fingerprint density at radius 1 is 0.933 bits per heavy atom. The van der Waals surface area contributed by atoms with Crippen molar-refractivity contribution in [3.05, 3.63) is 106 Å². The Hall–Kier alpha value is -3.38. The van der Waals surface area contributed by atoms with Crippen LogP contribution in [0.25, 0.3) is 0 Å². The number of hydrogen-bond acceptors (Lipinski definition) is 3. The van der Waals surface area contributed by atoms with E-state index in [1.165, 1.54) is 0 Å². The molecule has 5 nitrogen and oxygen atoms in total. The van der Waals surface area contributed by atoms with Gasteiger partial charge in [-0.2, -0.15) is 0 Å². The summed E-state index contributed by atoms with van der Waals surface area (Å²) in [6.45, 7) is 1.29. The molecule has 1 N–H and O–H groups in total. The monoisotopic (exact) mass is 458 g/mol. The molecule has 2 aromatic heterocycles. The van der Waals surface area contributed by atoms with Crippen molar-refractivity contribution in [2.24, 2.45) is 0 Å². The molecule has 5 rings (SSSR count). The van der Waals surface area contributed by atoms with Crippen LogP contribution in [0, 0.1) is 0 Å². The highest BCUT2D eigenvalue weighted by molar-refractivity contribution is 9.10. The summed E-state index contributed by atoms with van der Waals surface area (Å²) in [5.41, 5.74) is 4.66. The van der Waals surface area contributed by atoms with Crippen molar-refractivity contribution in [2.75, 3.05) is 10.2 Å². The van der Waals surface area contributed by atoms with E-state index in [0.717, 1.165) is 33.6 Å². The van der Waals surface area contributed by atoms with Crippen LogP contribution >= 0.6 is 15.9 Å². The lowest BCUT2D eigenvalue weighted by molar-refractivity contribution is 0.0984. The number of fused-ring (bicyclic) bond motifs is 2. The van der Waals surface area contributed by atoms with Crippen molar-refractivity contribution >= 4 is 39.0 Å². The van der Waals surface area contributed by atoms with Crippen molar-refractivity contribution in [2.45, 2.75) is 13.1 Å². The van der Waals surface area contributed by atoms with E-state index in [-0.39, 0.29) is 5.91 Å². The summed E-state index contributed by atoms with van der Waals surface area (Å²) in [7, 11) is 0. The van der Waals surface area contributed by atoms with E-state index >= 15 is 0 Å². The second kappa shape index (κ2) is 7.80. The standard InChI is InChI=1S/C24H19BrN4O/c25-20-8-2-3-9-21(20)27-23-12-11-17(14-26-23)24(30)29-16-19-7-5-13-28(19)15-18-6-1-4-10-22(18)29/h1-14H,15-16H2,(H,26,27). The topological polar surface area (TPSA) is 50.2 Å². The van der Waals surface area contributed by atoms with E-state index in [9.17, 15) is 4.79 Å². The number of benzene rings is 2. The summed E-state index contributed by atoms with van der Waals surface area (Å²) in [5, 5.41) is 3.27. The number of nitrogens with zero attached hydrogens (tertiary/aromatic N) is 3. The zero-order valence-corrected chi connectivity index (χ0v) is 17.7. The van der Waals surface area contributed by atoms with Crippen LogP contribution in [0.5, 0.6) is 0 Å². The maximum absolute atomic E-state index is 13.4. The molecule has 0 aliphatic carbocycles. The molecule has 2 aromatic carbocycles. The molecule has 0 spiro atoms. The third-order valence-electron chi connectivity index (χ3n) is 5.26. The highest BCUT2D eigenvalue weighted by Gasteiger charge is 2.24. The van der Waals surface area contributed by atoms with E-state index in [2.05, 4.69) is 49.1 Å². The summed E-state index contributed by atoms with van der Waals surface area (Å²) in [4.78, 5) is 19.7. The number of carbonyl (C=O) groups excluding carboxylic acids is 1. The lowest BCUT2D eigenvalue weighted by Crippen LogP contribution is -2.30. The Balaban J connectivity index is 1.43. The first-order chi connectivity index (χ1) is 14.7. The van der Waals surface area contributed by atoms with Crippen molar-refractivity contribution in [3.8, 4) is 0 Å². The fraction of sp³-hybridized carbons (Fsp3) is 0.0833. The van der Waals surface area contributed by atoms with Gasteiger partial charge in [0, 0.05) is 34.8 Å². The van der Waals surface area contributed by atoms with Gasteiger partial charge in [-0.1, -0.05) is 30.3 Å². The van der Waals surface area contributed by atoms with Gasteiger partial charge in [0.2, 0.25) is 0 Å². The molecule has 1 aliphatic rings. The lowest BCUT2D eigenvalue weighted by atomic mass is 10.1. The predicted molar refractivity (Wildman–Crippen MR) is 122 cm³/mol. The molecule has 0 radical (unpaired) electrons. The van der Waals surface area contributed by atoms with Gasteiger partial charge in [0.1, 0.15) is 5.82 Å². The van der Waals surface area contributed by atoms with Crippen molar-refractivity contribution in [3.63, 3.8) is 0 Å². The SMILES string of the molecule is O=C(c1ccc(Nc2ccccc2Br)nc1)N1Cc2cccn2Cc2ccccc21. The molecule has 1 amide bonds. The second-order valence-electron chi connectivity index (χ2n) is 7.18.